The highest BCUT2D eigenvalue weighted by Gasteiger charge is 2.54. The van der Waals surface area contributed by atoms with Crippen LogP contribution in [0.4, 0.5) is 0 Å². The van der Waals surface area contributed by atoms with Crippen molar-refractivity contribution in [2.24, 2.45) is 5.92 Å². The van der Waals surface area contributed by atoms with E-state index < -0.39 is 32.5 Å². The van der Waals surface area contributed by atoms with Crippen LogP contribution in [0.3, 0.4) is 0 Å². The van der Waals surface area contributed by atoms with E-state index in [-0.39, 0.29) is 17.6 Å². The standard InChI is InChI=1S/C38H52O5Si/c1-5-6-7-8-9-19-26-34(39)33-27-35(42-37(33)40)36(29-41-28-30-20-13-10-14-21-30)43-44(38(2,3)4,31-22-15-11-16-23-31)32-24-17-12-18-25-32/h10-18,20-25,33-36,39H,5-9,19,26-29H2,1-4H3/t33?,34?,35-,36-/m0/s1. The molecule has 0 radical (unpaired) electrons. The molecule has 0 aliphatic carbocycles. The average molecular weight is 617 g/mol. The Morgan fingerprint density at radius 1 is 0.841 bits per heavy atom. The predicted molar refractivity (Wildman–Crippen MR) is 181 cm³/mol. The molecule has 1 fully saturated rings. The SMILES string of the molecule is CCCCCCCCC(O)C1C[C@@H]([C@H](COCc2ccccc2)O[Si](c2ccccc2)(c2ccccc2)C(C)(C)C)OC1=O. The molecular weight excluding hydrogens is 564 g/mol. The van der Waals surface area contributed by atoms with Gasteiger partial charge in [0.25, 0.3) is 8.32 Å². The molecule has 4 atom stereocenters. The maximum atomic E-state index is 13.2. The van der Waals surface area contributed by atoms with E-state index in [1.165, 1.54) is 25.7 Å². The van der Waals surface area contributed by atoms with Crippen LogP contribution in [-0.4, -0.2) is 44.3 Å². The molecule has 6 heteroatoms. The minimum Gasteiger partial charge on any atom is -0.459 e. The lowest BCUT2D eigenvalue weighted by atomic mass is 9.93. The lowest BCUT2D eigenvalue weighted by molar-refractivity contribution is -0.150. The fourth-order valence-corrected chi connectivity index (χ4v) is 11.2. The summed E-state index contributed by atoms with van der Waals surface area (Å²) < 4.78 is 19.8. The number of aliphatic hydroxyl groups is 1. The fraction of sp³-hybridized carbons (Fsp3) is 0.500. The molecule has 4 rings (SSSR count). The zero-order valence-electron chi connectivity index (χ0n) is 27.1. The maximum Gasteiger partial charge on any atom is 0.312 e. The first-order valence-corrected chi connectivity index (χ1v) is 18.5. The van der Waals surface area contributed by atoms with Gasteiger partial charge in [-0.2, -0.15) is 0 Å². The van der Waals surface area contributed by atoms with Crippen LogP contribution in [0.15, 0.2) is 91.0 Å². The second-order valence-electron chi connectivity index (χ2n) is 13.3. The topological polar surface area (TPSA) is 65.0 Å². The van der Waals surface area contributed by atoms with Gasteiger partial charge < -0.3 is 19.0 Å². The molecule has 3 aromatic rings. The van der Waals surface area contributed by atoms with Gasteiger partial charge in [-0.1, -0.05) is 157 Å². The zero-order chi connectivity index (χ0) is 31.4. The second kappa shape index (κ2) is 16.5. The van der Waals surface area contributed by atoms with Gasteiger partial charge in [0.1, 0.15) is 12.2 Å². The number of hydrogen-bond acceptors (Lipinski definition) is 5. The van der Waals surface area contributed by atoms with Crippen LogP contribution >= 0.6 is 0 Å². The molecule has 3 aromatic carbocycles. The van der Waals surface area contributed by atoms with Crippen LogP contribution in [0.2, 0.25) is 5.04 Å². The first kappa shape index (κ1) is 34.1. The highest BCUT2D eigenvalue weighted by Crippen LogP contribution is 2.39. The van der Waals surface area contributed by atoms with Crippen LogP contribution in [0.25, 0.3) is 0 Å². The summed E-state index contributed by atoms with van der Waals surface area (Å²) in [5.41, 5.74) is 1.08. The Morgan fingerprint density at radius 3 is 1.95 bits per heavy atom. The van der Waals surface area contributed by atoms with E-state index in [4.69, 9.17) is 13.9 Å². The molecule has 44 heavy (non-hydrogen) atoms. The van der Waals surface area contributed by atoms with Crippen LogP contribution < -0.4 is 10.4 Å². The molecule has 1 aliphatic heterocycles. The molecule has 0 saturated carbocycles. The Balaban J connectivity index is 1.60. The van der Waals surface area contributed by atoms with Gasteiger partial charge in [0.05, 0.1) is 25.2 Å². The number of ether oxygens (including phenoxy) is 2. The van der Waals surface area contributed by atoms with E-state index in [9.17, 15) is 9.90 Å². The predicted octanol–water partition coefficient (Wildman–Crippen LogP) is 7.19. The van der Waals surface area contributed by atoms with Gasteiger partial charge in [-0.15, -0.1) is 0 Å². The van der Waals surface area contributed by atoms with Crippen LogP contribution in [0.1, 0.15) is 84.6 Å². The van der Waals surface area contributed by atoms with Crippen molar-refractivity contribution in [2.75, 3.05) is 6.61 Å². The third-order valence-corrected chi connectivity index (χ3v) is 14.0. The van der Waals surface area contributed by atoms with Crippen molar-refractivity contribution in [3.8, 4) is 0 Å². The smallest absolute Gasteiger partial charge is 0.312 e. The average Bonchev–Trinajstić information content (AvgIpc) is 3.42. The molecule has 0 aromatic heterocycles. The summed E-state index contributed by atoms with van der Waals surface area (Å²) >= 11 is 0. The number of benzene rings is 3. The van der Waals surface area contributed by atoms with Crippen LogP contribution in [-0.2, 0) is 25.3 Å². The molecule has 0 amide bonds. The number of unbranched alkanes of at least 4 members (excludes halogenated alkanes) is 5. The maximum absolute atomic E-state index is 13.2. The minimum atomic E-state index is -2.95. The van der Waals surface area contributed by atoms with Crippen molar-refractivity contribution in [1.82, 2.24) is 0 Å². The Bertz CT molecular complexity index is 1200. The Hall–Kier alpha value is -2.77. The summed E-state index contributed by atoms with van der Waals surface area (Å²) in [6, 6.07) is 31.1. The number of carbonyl (C=O) groups excluding carboxylic acids is 1. The summed E-state index contributed by atoms with van der Waals surface area (Å²) in [7, 11) is -2.95. The number of aliphatic hydroxyl groups excluding tert-OH is 1. The summed E-state index contributed by atoms with van der Waals surface area (Å²) in [5.74, 6) is -0.873. The van der Waals surface area contributed by atoms with Crippen molar-refractivity contribution in [2.45, 2.75) is 109 Å². The van der Waals surface area contributed by atoms with E-state index >= 15 is 0 Å². The Morgan fingerprint density at radius 2 is 1.39 bits per heavy atom. The molecular formula is C38H52O5Si. The molecule has 0 bridgehead atoms. The van der Waals surface area contributed by atoms with Crippen LogP contribution in [0.5, 0.6) is 0 Å². The van der Waals surface area contributed by atoms with Crippen molar-refractivity contribution in [1.29, 1.82) is 0 Å². The monoisotopic (exact) mass is 616 g/mol. The van der Waals surface area contributed by atoms with Gasteiger partial charge in [-0.25, -0.2) is 0 Å². The number of rotatable bonds is 17. The van der Waals surface area contributed by atoms with Gasteiger partial charge in [0, 0.05) is 6.42 Å². The van der Waals surface area contributed by atoms with E-state index in [2.05, 4.69) is 76.2 Å². The zero-order valence-corrected chi connectivity index (χ0v) is 28.1. The first-order valence-electron chi connectivity index (χ1n) is 16.6. The van der Waals surface area contributed by atoms with E-state index in [1.807, 2.05) is 42.5 Å². The minimum absolute atomic E-state index is 0.243. The molecule has 1 saturated heterocycles. The number of carbonyl (C=O) groups is 1. The number of hydrogen-bond donors (Lipinski definition) is 1. The summed E-state index contributed by atoms with van der Waals surface area (Å²) in [4.78, 5) is 13.2. The molecule has 0 spiro atoms. The van der Waals surface area contributed by atoms with Crippen molar-refractivity contribution in [3.05, 3.63) is 96.6 Å². The van der Waals surface area contributed by atoms with E-state index in [0.29, 0.717) is 19.4 Å². The van der Waals surface area contributed by atoms with E-state index in [1.54, 1.807) is 0 Å². The van der Waals surface area contributed by atoms with Gasteiger partial charge in [-0.05, 0) is 27.4 Å². The normalized spacial score (nSPS) is 18.6. The van der Waals surface area contributed by atoms with Crippen molar-refractivity contribution < 1.29 is 23.8 Å². The van der Waals surface area contributed by atoms with Crippen molar-refractivity contribution >= 4 is 24.7 Å². The van der Waals surface area contributed by atoms with Crippen LogP contribution in [0, 0.1) is 5.92 Å². The third kappa shape index (κ3) is 8.69. The highest BCUT2D eigenvalue weighted by molar-refractivity contribution is 6.99. The largest absolute Gasteiger partial charge is 0.459 e. The van der Waals surface area contributed by atoms with Gasteiger partial charge in [-0.3, -0.25) is 4.79 Å². The Labute approximate surface area is 266 Å². The lowest BCUT2D eigenvalue weighted by Crippen LogP contribution is -2.68. The Kier molecular flexibility index (Phi) is 12.8. The second-order valence-corrected chi connectivity index (χ2v) is 17.5. The number of esters is 1. The summed E-state index contributed by atoms with van der Waals surface area (Å²) in [6.07, 6.45) is 6.17. The molecule has 1 N–H and O–H groups in total. The van der Waals surface area contributed by atoms with Crippen molar-refractivity contribution in [3.63, 3.8) is 0 Å². The van der Waals surface area contributed by atoms with E-state index in [0.717, 1.165) is 28.8 Å². The van der Waals surface area contributed by atoms with Gasteiger partial charge >= 0.3 is 5.97 Å². The lowest BCUT2D eigenvalue weighted by Gasteiger charge is -2.45. The molecule has 238 valence electrons. The highest BCUT2D eigenvalue weighted by atomic mass is 28.4. The molecule has 1 heterocycles. The summed E-state index contributed by atoms with van der Waals surface area (Å²) in [6.45, 7) is 9.66. The fourth-order valence-electron chi connectivity index (χ4n) is 6.51. The third-order valence-electron chi connectivity index (χ3n) is 8.93. The number of cyclic esters (lactones) is 1. The van der Waals surface area contributed by atoms with Gasteiger partial charge in [0.15, 0.2) is 0 Å². The summed E-state index contributed by atoms with van der Waals surface area (Å²) in [5, 5.41) is 13.2. The quantitative estimate of drug-likeness (QED) is 0.0988. The first-order chi connectivity index (χ1) is 21.3. The molecule has 2 unspecified atom stereocenters. The molecule has 5 nitrogen and oxygen atoms in total. The van der Waals surface area contributed by atoms with Gasteiger partial charge in [0.2, 0.25) is 0 Å². The molecule has 1 aliphatic rings.